The molecule has 252 valence electrons. The highest BCUT2D eigenvalue weighted by Gasteiger charge is 2.17. The number of hydrogen-bond donors (Lipinski definition) is 0. The van der Waals surface area contributed by atoms with Crippen molar-refractivity contribution in [1.29, 1.82) is 0 Å². The maximum absolute atomic E-state index is 2.40. The predicted molar refractivity (Wildman–Crippen MR) is 231 cm³/mol. The van der Waals surface area contributed by atoms with Gasteiger partial charge in [-0.3, -0.25) is 0 Å². The zero-order valence-corrected chi connectivity index (χ0v) is 29.5. The molecule has 0 bridgehead atoms. The van der Waals surface area contributed by atoms with E-state index in [1.165, 1.54) is 81.7 Å². The molecule has 0 unspecified atom stereocenters. The van der Waals surface area contributed by atoms with Crippen LogP contribution in [0, 0.1) is 0 Å². The molecule has 0 aliphatic heterocycles. The Labute approximate surface area is 313 Å². The molecule has 0 aliphatic carbocycles. The summed E-state index contributed by atoms with van der Waals surface area (Å²) >= 11 is 0. The normalized spacial score (nSPS) is 11.7. The van der Waals surface area contributed by atoms with Crippen molar-refractivity contribution in [2.24, 2.45) is 0 Å². The van der Waals surface area contributed by atoms with Gasteiger partial charge in [-0.25, -0.2) is 0 Å². The molecule has 0 fully saturated rings. The number of aromatic nitrogens is 1. The number of nitrogens with zero attached hydrogens (tertiary/aromatic N) is 2. The summed E-state index contributed by atoms with van der Waals surface area (Å²) in [5, 5.41) is 12.5. The molecule has 2 heteroatoms. The van der Waals surface area contributed by atoms with Crippen LogP contribution in [-0.2, 0) is 0 Å². The Morgan fingerprint density at radius 1 is 0.278 bits per heavy atom. The maximum atomic E-state index is 2.40. The van der Waals surface area contributed by atoms with E-state index in [0.717, 1.165) is 17.1 Å². The lowest BCUT2D eigenvalue weighted by atomic mass is 9.99. The molecule has 1 heterocycles. The van der Waals surface area contributed by atoms with Crippen molar-refractivity contribution < 1.29 is 0 Å². The van der Waals surface area contributed by atoms with E-state index in [-0.39, 0.29) is 0 Å². The molecule has 0 aliphatic rings. The average molecular weight is 687 g/mol. The van der Waals surface area contributed by atoms with E-state index in [1.54, 1.807) is 0 Å². The molecule has 0 saturated carbocycles. The second kappa shape index (κ2) is 12.2. The molecule has 11 aromatic rings. The standard InChI is InChI=1S/C52H34N2/c1-2-12-41(13-3-1)54-51-17-9-8-16-48(51)50-33-39(25-31-52(50)54)35-22-26-42(27-23-35)53(43-29-30-47-40(32-43)21-20-36-10-4-6-14-45(36)47)44-28-24-38-19-18-37-11-5-7-15-46(37)49(38)34-44/h1-34H. The number of hydrogen-bond acceptors (Lipinski definition) is 1. The minimum absolute atomic E-state index is 1.11. The molecular formula is C52H34N2. The first-order chi connectivity index (χ1) is 26.8. The second-order valence-corrected chi connectivity index (χ2v) is 14.2. The quantitative estimate of drug-likeness (QED) is 0.164. The summed E-state index contributed by atoms with van der Waals surface area (Å²) in [5.41, 5.74) is 9.35. The third-order valence-electron chi connectivity index (χ3n) is 11.1. The van der Waals surface area contributed by atoms with Crippen LogP contribution in [0.2, 0.25) is 0 Å². The fourth-order valence-corrected chi connectivity index (χ4v) is 8.53. The second-order valence-electron chi connectivity index (χ2n) is 14.2. The van der Waals surface area contributed by atoms with Gasteiger partial charge in [-0.2, -0.15) is 0 Å². The Balaban J connectivity index is 1.06. The molecule has 2 nitrogen and oxygen atoms in total. The SMILES string of the molecule is c1ccc(-n2c3ccccc3c3cc(-c4ccc(N(c5ccc6c(ccc7ccccc76)c5)c5ccc6ccc7ccccc7c6c5)cc4)ccc32)cc1. The molecular weight excluding hydrogens is 653 g/mol. The van der Waals surface area contributed by atoms with Crippen LogP contribution in [0.4, 0.5) is 17.1 Å². The monoisotopic (exact) mass is 686 g/mol. The van der Waals surface area contributed by atoms with Crippen LogP contribution in [0.3, 0.4) is 0 Å². The summed E-state index contributed by atoms with van der Waals surface area (Å²) < 4.78 is 2.37. The van der Waals surface area contributed by atoms with Crippen LogP contribution in [-0.4, -0.2) is 4.57 Å². The van der Waals surface area contributed by atoms with E-state index >= 15 is 0 Å². The van der Waals surface area contributed by atoms with Crippen molar-refractivity contribution in [1.82, 2.24) is 4.57 Å². The van der Waals surface area contributed by atoms with Crippen LogP contribution < -0.4 is 4.90 Å². The van der Waals surface area contributed by atoms with Gasteiger partial charge in [0.15, 0.2) is 0 Å². The van der Waals surface area contributed by atoms with Gasteiger partial charge < -0.3 is 9.47 Å². The molecule has 0 spiro atoms. The Kier molecular flexibility index (Phi) is 6.90. The van der Waals surface area contributed by atoms with Gasteiger partial charge in [-0.15, -0.1) is 0 Å². The summed E-state index contributed by atoms with van der Waals surface area (Å²) in [6.45, 7) is 0. The van der Waals surface area contributed by atoms with E-state index in [4.69, 9.17) is 0 Å². The Hall–Kier alpha value is -7.16. The number of benzene rings is 10. The van der Waals surface area contributed by atoms with E-state index in [0.29, 0.717) is 0 Å². The van der Waals surface area contributed by atoms with E-state index in [1.807, 2.05) is 0 Å². The molecule has 54 heavy (non-hydrogen) atoms. The lowest BCUT2D eigenvalue weighted by Gasteiger charge is -2.27. The number of rotatable bonds is 5. The third-order valence-corrected chi connectivity index (χ3v) is 11.1. The summed E-state index contributed by atoms with van der Waals surface area (Å²) in [6, 6.07) is 75.3. The first kappa shape index (κ1) is 30.5. The van der Waals surface area contributed by atoms with Gasteiger partial charge in [0.05, 0.1) is 11.0 Å². The molecule has 0 amide bonds. The van der Waals surface area contributed by atoms with Crippen molar-refractivity contribution in [3.63, 3.8) is 0 Å². The Bertz CT molecular complexity index is 3210. The minimum Gasteiger partial charge on any atom is -0.310 e. The fraction of sp³-hybridized carbons (Fsp3) is 0. The molecule has 0 N–H and O–H groups in total. The van der Waals surface area contributed by atoms with Crippen molar-refractivity contribution in [2.75, 3.05) is 4.90 Å². The van der Waals surface area contributed by atoms with Crippen LogP contribution in [0.15, 0.2) is 206 Å². The van der Waals surface area contributed by atoms with Crippen LogP contribution >= 0.6 is 0 Å². The van der Waals surface area contributed by atoms with Crippen molar-refractivity contribution in [3.05, 3.63) is 206 Å². The molecule has 0 saturated heterocycles. The average Bonchev–Trinajstić information content (AvgIpc) is 3.58. The largest absolute Gasteiger partial charge is 0.310 e. The summed E-state index contributed by atoms with van der Waals surface area (Å²) in [4.78, 5) is 2.40. The van der Waals surface area contributed by atoms with Crippen molar-refractivity contribution in [3.8, 4) is 16.8 Å². The van der Waals surface area contributed by atoms with E-state index in [9.17, 15) is 0 Å². The zero-order valence-electron chi connectivity index (χ0n) is 29.5. The highest BCUT2D eigenvalue weighted by molar-refractivity contribution is 6.12. The van der Waals surface area contributed by atoms with E-state index in [2.05, 4.69) is 216 Å². The molecule has 0 atom stereocenters. The lowest BCUT2D eigenvalue weighted by Crippen LogP contribution is -2.10. The van der Waals surface area contributed by atoms with E-state index < -0.39 is 0 Å². The predicted octanol–water partition coefficient (Wildman–Crippen LogP) is 14.5. The molecule has 11 rings (SSSR count). The van der Waals surface area contributed by atoms with Gasteiger partial charge in [-0.05, 0) is 121 Å². The Morgan fingerprint density at radius 2 is 0.796 bits per heavy atom. The van der Waals surface area contributed by atoms with Gasteiger partial charge in [-0.1, -0.05) is 140 Å². The number of para-hydroxylation sites is 2. The number of anilines is 3. The molecule has 1 aromatic heterocycles. The number of fused-ring (bicyclic) bond motifs is 9. The summed E-state index contributed by atoms with van der Waals surface area (Å²) in [7, 11) is 0. The fourth-order valence-electron chi connectivity index (χ4n) is 8.53. The first-order valence-corrected chi connectivity index (χ1v) is 18.6. The summed E-state index contributed by atoms with van der Waals surface area (Å²) in [6.07, 6.45) is 0. The highest BCUT2D eigenvalue weighted by Crippen LogP contribution is 2.41. The highest BCUT2D eigenvalue weighted by atomic mass is 15.1. The van der Waals surface area contributed by atoms with Gasteiger partial charge in [0.25, 0.3) is 0 Å². The molecule has 0 radical (unpaired) electrons. The van der Waals surface area contributed by atoms with Crippen LogP contribution in [0.5, 0.6) is 0 Å². The van der Waals surface area contributed by atoms with Crippen LogP contribution in [0.25, 0.3) is 81.7 Å². The van der Waals surface area contributed by atoms with Crippen molar-refractivity contribution >= 4 is 82.0 Å². The van der Waals surface area contributed by atoms with Gasteiger partial charge >= 0.3 is 0 Å². The Morgan fingerprint density at radius 3 is 1.57 bits per heavy atom. The van der Waals surface area contributed by atoms with Gasteiger partial charge in [0.1, 0.15) is 0 Å². The van der Waals surface area contributed by atoms with Gasteiger partial charge in [0, 0.05) is 33.5 Å². The summed E-state index contributed by atoms with van der Waals surface area (Å²) in [5.74, 6) is 0. The smallest absolute Gasteiger partial charge is 0.0541 e. The maximum Gasteiger partial charge on any atom is 0.0541 e. The third kappa shape index (κ3) is 4.88. The van der Waals surface area contributed by atoms with Crippen molar-refractivity contribution in [2.45, 2.75) is 0 Å². The lowest BCUT2D eigenvalue weighted by molar-refractivity contribution is 1.18. The minimum atomic E-state index is 1.11. The van der Waals surface area contributed by atoms with Gasteiger partial charge in [0.2, 0.25) is 0 Å². The van der Waals surface area contributed by atoms with Crippen LogP contribution in [0.1, 0.15) is 0 Å². The topological polar surface area (TPSA) is 8.17 Å². The first-order valence-electron chi connectivity index (χ1n) is 18.6. The zero-order chi connectivity index (χ0) is 35.6. The molecule has 10 aromatic carbocycles.